The van der Waals surface area contributed by atoms with Crippen LogP contribution in [-0.2, 0) is 4.74 Å². The maximum atomic E-state index is 12.5. The highest BCUT2D eigenvalue weighted by molar-refractivity contribution is 6.13. The van der Waals surface area contributed by atoms with Gasteiger partial charge in [-0.3, -0.25) is 9.59 Å². The molecule has 3 aromatic rings. The van der Waals surface area contributed by atoms with Gasteiger partial charge in [0, 0.05) is 10.9 Å². The Labute approximate surface area is 136 Å². The molecule has 3 rings (SSSR count). The summed E-state index contributed by atoms with van der Waals surface area (Å²) in [6.45, 7) is 0. The van der Waals surface area contributed by atoms with Gasteiger partial charge in [0.25, 0.3) is 5.56 Å². The second-order valence-corrected chi connectivity index (χ2v) is 5.12. The highest BCUT2D eigenvalue weighted by atomic mass is 16.5. The van der Waals surface area contributed by atoms with E-state index in [0.29, 0.717) is 5.52 Å². The maximum absolute atomic E-state index is 12.5. The van der Waals surface area contributed by atoms with Crippen LogP contribution in [0.15, 0.2) is 53.3 Å². The molecule has 6 heteroatoms. The van der Waals surface area contributed by atoms with Gasteiger partial charge in [-0.2, -0.15) is 0 Å². The molecule has 0 saturated carbocycles. The number of carbonyl (C=O) groups excluding carboxylic acids is 2. The molecule has 0 fully saturated rings. The van der Waals surface area contributed by atoms with Crippen molar-refractivity contribution in [1.82, 2.24) is 4.98 Å². The lowest BCUT2D eigenvalue weighted by Gasteiger charge is -2.08. The monoisotopic (exact) mass is 323 g/mol. The van der Waals surface area contributed by atoms with Crippen molar-refractivity contribution in [3.8, 4) is 5.75 Å². The van der Waals surface area contributed by atoms with E-state index in [1.54, 1.807) is 30.3 Å². The van der Waals surface area contributed by atoms with Crippen LogP contribution >= 0.6 is 0 Å². The average Bonchev–Trinajstić information content (AvgIpc) is 2.61. The summed E-state index contributed by atoms with van der Waals surface area (Å²) in [4.78, 5) is 38.9. The number of carbonyl (C=O) groups is 2. The van der Waals surface area contributed by atoms with E-state index in [0.717, 1.165) is 0 Å². The minimum Gasteiger partial charge on any atom is -0.506 e. The van der Waals surface area contributed by atoms with Crippen molar-refractivity contribution in [1.29, 1.82) is 0 Å². The molecular formula is C18H13NO5. The van der Waals surface area contributed by atoms with Crippen molar-refractivity contribution in [2.24, 2.45) is 0 Å². The molecule has 2 aromatic carbocycles. The van der Waals surface area contributed by atoms with Gasteiger partial charge in [-0.25, -0.2) is 4.79 Å². The molecule has 2 N–H and O–H groups in total. The normalized spacial score (nSPS) is 10.5. The van der Waals surface area contributed by atoms with Crippen LogP contribution in [0, 0.1) is 0 Å². The van der Waals surface area contributed by atoms with Crippen LogP contribution in [0.25, 0.3) is 10.9 Å². The van der Waals surface area contributed by atoms with Crippen molar-refractivity contribution in [2.45, 2.75) is 0 Å². The predicted octanol–water partition coefficient (Wildman–Crippen LogP) is 2.25. The topological polar surface area (TPSA) is 96.5 Å². The second-order valence-electron chi connectivity index (χ2n) is 5.12. The zero-order chi connectivity index (χ0) is 17.3. The fourth-order valence-electron chi connectivity index (χ4n) is 2.47. The number of hydrogen-bond acceptors (Lipinski definition) is 5. The summed E-state index contributed by atoms with van der Waals surface area (Å²) in [7, 11) is 1.24. The minimum absolute atomic E-state index is 0.191. The van der Waals surface area contributed by atoms with Gasteiger partial charge in [-0.15, -0.1) is 0 Å². The van der Waals surface area contributed by atoms with Crippen LogP contribution in [0.4, 0.5) is 0 Å². The van der Waals surface area contributed by atoms with E-state index >= 15 is 0 Å². The number of H-pyrrole nitrogens is 1. The Bertz CT molecular complexity index is 1010. The molecule has 6 nitrogen and oxygen atoms in total. The average molecular weight is 323 g/mol. The zero-order valence-corrected chi connectivity index (χ0v) is 12.7. The van der Waals surface area contributed by atoms with Gasteiger partial charge in [0.2, 0.25) is 5.78 Å². The largest absolute Gasteiger partial charge is 0.506 e. The summed E-state index contributed by atoms with van der Waals surface area (Å²) in [5, 5.41) is 10.6. The molecule has 0 amide bonds. The molecular weight excluding hydrogens is 310 g/mol. The fourth-order valence-corrected chi connectivity index (χ4v) is 2.47. The molecule has 24 heavy (non-hydrogen) atoms. The molecule has 0 atom stereocenters. The predicted molar refractivity (Wildman–Crippen MR) is 87.4 cm³/mol. The Morgan fingerprint density at radius 2 is 1.75 bits per heavy atom. The van der Waals surface area contributed by atoms with Gasteiger partial charge in [-0.05, 0) is 18.2 Å². The van der Waals surface area contributed by atoms with E-state index < -0.39 is 23.1 Å². The first kappa shape index (κ1) is 15.5. The summed E-state index contributed by atoms with van der Waals surface area (Å²) < 4.78 is 4.64. The van der Waals surface area contributed by atoms with Crippen LogP contribution in [-0.4, -0.2) is 29.0 Å². The number of fused-ring (bicyclic) bond motifs is 1. The number of esters is 1. The Morgan fingerprint density at radius 3 is 2.42 bits per heavy atom. The van der Waals surface area contributed by atoms with E-state index in [2.05, 4.69) is 9.72 Å². The highest BCUT2D eigenvalue weighted by Crippen LogP contribution is 2.27. The smallest absolute Gasteiger partial charge is 0.337 e. The molecule has 0 saturated heterocycles. The van der Waals surface area contributed by atoms with Crippen molar-refractivity contribution < 1.29 is 19.4 Å². The number of benzene rings is 2. The van der Waals surface area contributed by atoms with E-state index in [1.165, 1.54) is 25.3 Å². The molecule has 0 bridgehead atoms. The molecule has 0 spiro atoms. The summed E-state index contributed by atoms with van der Waals surface area (Å²) in [6.07, 6.45) is 0. The molecule has 120 valence electrons. The summed E-state index contributed by atoms with van der Waals surface area (Å²) in [6, 6.07) is 12.5. The first-order chi connectivity index (χ1) is 11.5. The van der Waals surface area contributed by atoms with Crippen molar-refractivity contribution >= 4 is 22.7 Å². The number of aromatic hydroxyl groups is 1. The lowest BCUT2D eigenvalue weighted by molar-refractivity contribution is 0.0601. The summed E-state index contributed by atoms with van der Waals surface area (Å²) >= 11 is 0. The zero-order valence-electron chi connectivity index (χ0n) is 12.7. The number of ketones is 1. The standard InChI is InChI=1S/C18H13NO5/c1-24-18(23)11-7-8-13-12(9-11)16(21)14(17(22)19-13)15(20)10-5-3-2-4-6-10/h2-9H,1H3,(H2,19,21,22). The highest BCUT2D eigenvalue weighted by Gasteiger charge is 2.21. The van der Waals surface area contributed by atoms with Crippen LogP contribution < -0.4 is 5.56 Å². The number of methoxy groups -OCH3 is 1. The van der Waals surface area contributed by atoms with Crippen LogP contribution in [0.2, 0.25) is 0 Å². The lowest BCUT2D eigenvalue weighted by Crippen LogP contribution is -2.19. The molecule has 0 unspecified atom stereocenters. The Balaban J connectivity index is 2.23. The third-order valence-electron chi connectivity index (χ3n) is 3.67. The van der Waals surface area contributed by atoms with Gasteiger partial charge < -0.3 is 14.8 Å². The van der Waals surface area contributed by atoms with Crippen LogP contribution in [0.3, 0.4) is 0 Å². The Hall–Kier alpha value is -3.41. The summed E-state index contributed by atoms with van der Waals surface area (Å²) in [5.41, 5.74) is -0.266. The molecule has 1 aromatic heterocycles. The van der Waals surface area contributed by atoms with Crippen molar-refractivity contribution in [3.05, 3.63) is 75.6 Å². The Kier molecular flexibility index (Phi) is 3.87. The number of aromatic amines is 1. The van der Waals surface area contributed by atoms with Crippen LogP contribution in [0.5, 0.6) is 5.75 Å². The van der Waals surface area contributed by atoms with E-state index in [-0.39, 0.29) is 22.1 Å². The van der Waals surface area contributed by atoms with E-state index in [1.807, 2.05) is 0 Å². The number of ether oxygens (including phenoxy) is 1. The minimum atomic E-state index is -0.695. The SMILES string of the molecule is COC(=O)c1ccc2[nH]c(=O)c(C(=O)c3ccccc3)c(O)c2c1. The number of pyridine rings is 1. The first-order valence-electron chi connectivity index (χ1n) is 7.10. The van der Waals surface area contributed by atoms with Crippen LogP contribution in [0.1, 0.15) is 26.3 Å². The van der Waals surface area contributed by atoms with Gasteiger partial charge in [0.15, 0.2) is 0 Å². The maximum Gasteiger partial charge on any atom is 0.337 e. The lowest BCUT2D eigenvalue weighted by atomic mass is 10.0. The quantitative estimate of drug-likeness (QED) is 0.569. The number of rotatable bonds is 3. The van der Waals surface area contributed by atoms with Gasteiger partial charge in [0.05, 0.1) is 18.2 Å². The van der Waals surface area contributed by atoms with Gasteiger partial charge >= 0.3 is 5.97 Å². The third kappa shape index (κ3) is 2.54. The fraction of sp³-hybridized carbons (Fsp3) is 0.0556. The van der Waals surface area contributed by atoms with E-state index in [9.17, 15) is 19.5 Å². The number of nitrogens with one attached hydrogen (secondary N) is 1. The molecule has 0 aliphatic heterocycles. The van der Waals surface area contributed by atoms with Gasteiger partial charge in [0.1, 0.15) is 11.3 Å². The molecule has 0 aliphatic carbocycles. The third-order valence-corrected chi connectivity index (χ3v) is 3.67. The number of hydrogen-bond donors (Lipinski definition) is 2. The first-order valence-corrected chi connectivity index (χ1v) is 7.10. The number of aromatic nitrogens is 1. The van der Waals surface area contributed by atoms with Gasteiger partial charge in [-0.1, -0.05) is 30.3 Å². The molecule has 0 radical (unpaired) electrons. The van der Waals surface area contributed by atoms with Crippen molar-refractivity contribution in [2.75, 3.05) is 7.11 Å². The molecule has 0 aliphatic rings. The Morgan fingerprint density at radius 1 is 1.04 bits per heavy atom. The summed E-state index contributed by atoms with van der Waals surface area (Å²) in [5.74, 6) is -1.65. The molecule has 1 heterocycles. The van der Waals surface area contributed by atoms with E-state index in [4.69, 9.17) is 0 Å². The van der Waals surface area contributed by atoms with Crippen molar-refractivity contribution in [3.63, 3.8) is 0 Å². The second kappa shape index (κ2) is 6.00.